The van der Waals surface area contributed by atoms with Gasteiger partial charge in [-0.05, 0) is 37.3 Å². The number of rotatable bonds is 7. The fourth-order valence-corrected chi connectivity index (χ4v) is 4.22. The first-order chi connectivity index (χ1) is 15.2. The molecule has 4 rings (SSSR count). The highest BCUT2D eigenvalue weighted by molar-refractivity contribution is 7.92. The first kappa shape index (κ1) is 21.5. The van der Waals surface area contributed by atoms with Crippen LogP contribution in [0.25, 0.3) is 5.82 Å². The Balaban J connectivity index is 1.44. The summed E-state index contributed by atoms with van der Waals surface area (Å²) in [4.78, 5) is 8.41. The van der Waals surface area contributed by atoms with E-state index in [0.717, 1.165) is 5.82 Å². The first-order valence-electron chi connectivity index (χ1n) is 9.91. The molecule has 4 aromatic rings. The molecular weight excluding hydrogens is 430 g/mol. The average molecular weight is 454 g/mol. The molecule has 0 aliphatic heterocycles. The molecule has 0 unspecified atom stereocenters. The van der Waals surface area contributed by atoms with Gasteiger partial charge in [-0.1, -0.05) is 13.8 Å². The number of nitrogens with one attached hydrogen (secondary N) is 1. The van der Waals surface area contributed by atoms with Gasteiger partial charge in [0.15, 0.2) is 10.8 Å². The van der Waals surface area contributed by atoms with E-state index in [-0.39, 0.29) is 10.9 Å². The minimum atomic E-state index is -3.80. The van der Waals surface area contributed by atoms with Crippen molar-refractivity contribution < 1.29 is 13.2 Å². The summed E-state index contributed by atoms with van der Waals surface area (Å²) in [5.41, 5.74) is 0.395. The van der Waals surface area contributed by atoms with Crippen LogP contribution in [0.3, 0.4) is 0 Å². The summed E-state index contributed by atoms with van der Waals surface area (Å²) in [5.74, 6) is 3.05. The molecule has 0 atom stereocenters. The molecule has 0 amide bonds. The second-order valence-electron chi connectivity index (χ2n) is 7.51. The zero-order valence-electron chi connectivity index (χ0n) is 18.1. The zero-order chi connectivity index (χ0) is 22.9. The molecule has 0 aliphatic carbocycles. The van der Waals surface area contributed by atoms with Crippen molar-refractivity contribution >= 4 is 15.7 Å². The quantitative estimate of drug-likeness (QED) is 0.456. The van der Waals surface area contributed by atoms with E-state index in [1.165, 1.54) is 6.20 Å². The Morgan fingerprint density at radius 3 is 2.38 bits per heavy atom. The minimum absolute atomic E-state index is 0.0208. The van der Waals surface area contributed by atoms with Gasteiger partial charge in [-0.2, -0.15) is 8.42 Å². The van der Waals surface area contributed by atoms with Crippen molar-refractivity contribution in [2.75, 3.05) is 4.72 Å². The summed E-state index contributed by atoms with van der Waals surface area (Å²) >= 11 is 0. The Morgan fingerprint density at radius 2 is 1.81 bits per heavy atom. The summed E-state index contributed by atoms with van der Waals surface area (Å²) in [6, 6.07) is 9.98. The lowest BCUT2D eigenvalue weighted by Gasteiger charge is -2.08. The largest absolute Gasteiger partial charge is 0.438 e. The number of aryl methyl sites for hydroxylation is 2. The van der Waals surface area contributed by atoms with Gasteiger partial charge in [-0.25, -0.2) is 9.97 Å². The van der Waals surface area contributed by atoms with Crippen molar-refractivity contribution in [3.05, 3.63) is 66.6 Å². The van der Waals surface area contributed by atoms with Crippen LogP contribution in [-0.2, 0) is 17.1 Å². The molecule has 1 aromatic carbocycles. The molecule has 10 nitrogen and oxygen atoms in total. The van der Waals surface area contributed by atoms with E-state index in [0.29, 0.717) is 29.0 Å². The molecule has 11 heteroatoms. The van der Waals surface area contributed by atoms with Crippen LogP contribution in [0.15, 0.2) is 60.0 Å². The van der Waals surface area contributed by atoms with E-state index in [1.54, 1.807) is 60.4 Å². The molecular formula is C21H23N7O3S. The van der Waals surface area contributed by atoms with Crippen LogP contribution in [0.2, 0.25) is 0 Å². The number of hydrogen-bond donors (Lipinski definition) is 1. The van der Waals surface area contributed by atoms with Gasteiger partial charge in [-0.3, -0.25) is 9.29 Å². The first-order valence-corrected chi connectivity index (χ1v) is 11.4. The number of sulfonamides is 1. The molecule has 0 spiro atoms. The zero-order valence-corrected chi connectivity index (χ0v) is 18.9. The molecule has 1 N–H and O–H groups in total. The van der Waals surface area contributed by atoms with E-state index in [4.69, 9.17) is 4.74 Å². The lowest BCUT2D eigenvalue weighted by molar-refractivity contribution is 0.454. The van der Waals surface area contributed by atoms with Crippen molar-refractivity contribution in [1.29, 1.82) is 0 Å². The number of nitrogens with zero attached hydrogens (tertiary/aromatic N) is 6. The minimum Gasteiger partial charge on any atom is -0.438 e. The third-order valence-electron chi connectivity index (χ3n) is 4.71. The van der Waals surface area contributed by atoms with Crippen LogP contribution in [0.5, 0.6) is 11.6 Å². The summed E-state index contributed by atoms with van der Waals surface area (Å²) in [6.07, 6.45) is 4.99. The summed E-state index contributed by atoms with van der Waals surface area (Å²) < 4.78 is 37.1. The smallest absolute Gasteiger partial charge is 0.280 e. The molecule has 0 bridgehead atoms. The molecule has 3 aromatic heterocycles. The molecule has 32 heavy (non-hydrogen) atoms. The Labute approximate surface area is 186 Å². The molecule has 0 aliphatic rings. The highest BCUT2D eigenvalue weighted by Gasteiger charge is 2.21. The predicted octanol–water partition coefficient (Wildman–Crippen LogP) is 3.42. The number of hydrogen-bond acceptors (Lipinski definition) is 7. The van der Waals surface area contributed by atoms with Crippen molar-refractivity contribution in [3.8, 4) is 17.4 Å². The van der Waals surface area contributed by atoms with Gasteiger partial charge in [0, 0.05) is 43.3 Å². The average Bonchev–Trinajstić information content (AvgIpc) is 3.36. The Morgan fingerprint density at radius 1 is 1.06 bits per heavy atom. The van der Waals surface area contributed by atoms with Crippen molar-refractivity contribution in [2.24, 2.45) is 7.05 Å². The van der Waals surface area contributed by atoms with Gasteiger partial charge in [0.2, 0.25) is 5.88 Å². The van der Waals surface area contributed by atoms with E-state index >= 15 is 0 Å². The SMILES string of the molecule is Cc1nccn1-c1ccc(Oc2ccc(NS(=O)(=O)c3cn(C)c(C(C)C)n3)cc2)nn1. The van der Waals surface area contributed by atoms with Crippen molar-refractivity contribution in [2.45, 2.75) is 31.7 Å². The monoisotopic (exact) mass is 453 g/mol. The lowest BCUT2D eigenvalue weighted by Crippen LogP contribution is -2.13. The van der Waals surface area contributed by atoms with E-state index in [2.05, 4.69) is 24.9 Å². The molecule has 0 saturated carbocycles. The van der Waals surface area contributed by atoms with Crippen LogP contribution < -0.4 is 9.46 Å². The van der Waals surface area contributed by atoms with Gasteiger partial charge in [-0.15, -0.1) is 10.2 Å². The summed E-state index contributed by atoms with van der Waals surface area (Å²) in [5, 5.41) is 8.20. The van der Waals surface area contributed by atoms with Gasteiger partial charge < -0.3 is 9.30 Å². The van der Waals surface area contributed by atoms with Gasteiger partial charge >= 0.3 is 0 Å². The van der Waals surface area contributed by atoms with Crippen molar-refractivity contribution in [3.63, 3.8) is 0 Å². The normalized spacial score (nSPS) is 11.7. The van der Waals surface area contributed by atoms with Crippen LogP contribution in [0.1, 0.15) is 31.4 Å². The van der Waals surface area contributed by atoms with Crippen LogP contribution in [-0.4, -0.2) is 37.7 Å². The van der Waals surface area contributed by atoms with E-state index in [1.807, 2.05) is 25.3 Å². The van der Waals surface area contributed by atoms with Gasteiger partial charge in [0.25, 0.3) is 10.0 Å². The highest BCUT2D eigenvalue weighted by Crippen LogP contribution is 2.24. The standard InChI is InChI=1S/C21H23N7O3S/c1-14(2)21-23-20(13-27(21)4)32(29,30)26-16-5-7-17(8-6-16)31-19-10-9-18(24-25-19)28-12-11-22-15(28)3/h5-14,26H,1-4H3. The lowest BCUT2D eigenvalue weighted by atomic mass is 10.2. The molecule has 166 valence electrons. The third-order valence-corrected chi connectivity index (χ3v) is 5.96. The number of anilines is 1. The second-order valence-corrected chi connectivity index (χ2v) is 9.14. The maximum absolute atomic E-state index is 12.7. The summed E-state index contributed by atoms with van der Waals surface area (Å²) in [7, 11) is -2.03. The topological polar surface area (TPSA) is 117 Å². The maximum Gasteiger partial charge on any atom is 0.280 e. The van der Waals surface area contributed by atoms with Crippen LogP contribution in [0.4, 0.5) is 5.69 Å². The van der Waals surface area contributed by atoms with E-state index < -0.39 is 10.0 Å². The molecule has 0 radical (unpaired) electrons. The van der Waals surface area contributed by atoms with Gasteiger partial charge in [0.05, 0.1) is 0 Å². The number of benzene rings is 1. The molecule has 0 fully saturated rings. The van der Waals surface area contributed by atoms with Gasteiger partial charge in [0.1, 0.15) is 17.4 Å². The Hall–Kier alpha value is -3.73. The molecule has 3 heterocycles. The Kier molecular flexibility index (Phi) is 5.66. The van der Waals surface area contributed by atoms with Crippen LogP contribution >= 0.6 is 0 Å². The second kappa shape index (κ2) is 8.42. The Bertz CT molecular complexity index is 1320. The fraction of sp³-hybridized carbons (Fsp3) is 0.238. The summed E-state index contributed by atoms with van der Waals surface area (Å²) in [6.45, 7) is 5.79. The fourth-order valence-electron chi connectivity index (χ4n) is 3.15. The number of ether oxygens (including phenoxy) is 1. The highest BCUT2D eigenvalue weighted by atomic mass is 32.2. The predicted molar refractivity (Wildman–Crippen MR) is 119 cm³/mol. The molecule has 0 saturated heterocycles. The van der Waals surface area contributed by atoms with E-state index in [9.17, 15) is 8.42 Å². The third kappa shape index (κ3) is 4.47. The van der Waals surface area contributed by atoms with Crippen molar-refractivity contribution in [1.82, 2.24) is 29.3 Å². The van der Waals surface area contributed by atoms with Crippen LogP contribution in [0, 0.1) is 6.92 Å². The number of imidazole rings is 2. The maximum atomic E-state index is 12.7. The number of aromatic nitrogens is 6.